The van der Waals surface area contributed by atoms with Crippen LogP contribution in [0.3, 0.4) is 0 Å². The second-order valence-corrected chi connectivity index (χ2v) is 7.45. The predicted molar refractivity (Wildman–Crippen MR) is 64.1 cm³/mol. The van der Waals surface area contributed by atoms with E-state index in [4.69, 9.17) is 0 Å². The molecule has 0 saturated heterocycles. The molecule has 5 fully saturated rings. The highest BCUT2D eigenvalue weighted by molar-refractivity contribution is 5.80. The molecule has 0 aromatic heterocycles. The van der Waals surface area contributed by atoms with E-state index in [0.29, 0.717) is 17.9 Å². The molecule has 0 aliphatic heterocycles. The molecule has 1 N–H and O–H groups in total. The smallest absolute Gasteiger partial charge is 0.223 e. The normalized spacial score (nSPS) is 60.9. The Morgan fingerprint density at radius 2 is 1.41 bits per heavy atom. The standard InChI is InChI=1S/C15H21NO/c17-15(11-5-9-4-10(9)6-11)16-14-12-7-1-2-8(3-7)13(12)14/h7-14H,1-6H2,(H,16,17). The van der Waals surface area contributed by atoms with Gasteiger partial charge >= 0.3 is 0 Å². The summed E-state index contributed by atoms with van der Waals surface area (Å²) in [7, 11) is 0. The quantitative estimate of drug-likeness (QED) is 0.775. The van der Waals surface area contributed by atoms with Crippen molar-refractivity contribution in [3.63, 3.8) is 0 Å². The lowest BCUT2D eigenvalue weighted by Crippen LogP contribution is -2.34. The minimum atomic E-state index is 0.387. The third-order valence-electron chi connectivity index (χ3n) is 6.66. The van der Waals surface area contributed by atoms with Crippen LogP contribution in [0.1, 0.15) is 38.5 Å². The summed E-state index contributed by atoms with van der Waals surface area (Å²) in [6, 6.07) is 0.602. The van der Waals surface area contributed by atoms with Gasteiger partial charge in [-0.3, -0.25) is 4.79 Å². The van der Waals surface area contributed by atoms with Crippen molar-refractivity contribution in [1.82, 2.24) is 5.32 Å². The molecular formula is C15H21NO. The summed E-state index contributed by atoms with van der Waals surface area (Å²) in [5.74, 6) is 6.41. The van der Waals surface area contributed by atoms with E-state index in [0.717, 1.165) is 35.5 Å². The largest absolute Gasteiger partial charge is 0.353 e. The zero-order chi connectivity index (χ0) is 11.1. The topological polar surface area (TPSA) is 29.1 Å². The Balaban J connectivity index is 1.23. The minimum Gasteiger partial charge on any atom is -0.353 e. The molecule has 2 heteroatoms. The third kappa shape index (κ3) is 1.19. The Morgan fingerprint density at radius 1 is 0.824 bits per heavy atom. The lowest BCUT2D eigenvalue weighted by Gasteiger charge is -2.15. The van der Waals surface area contributed by atoms with Crippen molar-refractivity contribution >= 4 is 5.91 Å². The lowest BCUT2D eigenvalue weighted by molar-refractivity contribution is -0.125. The molecule has 92 valence electrons. The molecule has 0 heterocycles. The second kappa shape index (κ2) is 2.89. The molecule has 0 spiro atoms. The highest BCUT2D eigenvalue weighted by atomic mass is 16.2. The molecular weight excluding hydrogens is 210 g/mol. The SMILES string of the molecule is O=C(NC1C2C3CCC(C3)C12)C1CC2CC2C1. The zero-order valence-corrected chi connectivity index (χ0v) is 10.3. The van der Waals surface area contributed by atoms with Crippen LogP contribution in [0.5, 0.6) is 0 Å². The third-order valence-corrected chi connectivity index (χ3v) is 6.66. The first-order valence-electron chi connectivity index (χ1n) is 7.61. The molecule has 0 aromatic carbocycles. The van der Waals surface area contributed by atoms with E-state index in [2.05, 4.69) is 5.32 Å². The predicted octanol–water partition coefficient (Wildman–Crippen LogP) is 2.19. The molecule has 5 aliphatic carbocycles. The average Bonchev–Trinajstić information content (AvgIpc) is 3.04. The summed E-state index contributed by atoms with van der Waals surface area (Å²) in [6.45, 7) is 0. The van der Waals surface area contributed by atoms with Crippen LogP contribution in [0.4, 0.5) is 0 Å². The van der Waals surface area contributed by atoms with Gasteiger partial charge in [0.2, 0.25) is 5.91 Å². The van der Waals surface area contributed by atoms with Crippen LogP contribution >= 0.6 is 0 Å². The first-order valence-corrected chi connectivity index (χ1v) is 7.61. The van der Waals surface area contributed by atoms with Gasteiger partial charge < -0.3 is 5.32 Å². The van der Waals surface area contributed by atoms with Gasteiger partial charge in [-0.25, -0.2) is 0 Å². The maximum atomic E-state index is 12.2. The highest BCUT2D eigenvalue weighted by Crippen LogP contribution is 2.65. The average molecular weight is 231 g/mol. The van der Waals surface area contributed by atoms with Gasteiger partial charge in [0.25, 0.3) is 0 Å². The van der Waals surface area contributed by atoms with Crippen molar-refractivity contribution in [2.24, 2.45) is 41.4 Å². The van der Waals surface area contributed by atoms with Crippen molar-refractivity contribution in [2.75, 3.05) is 0 Å². The number of amides is 1. The van der Waals surface area contributed by atoms with Crippen molar-refractivity contribution in [3.8, 4) is 0 Å². The number of hydrogen-bond donors (Lipinski definition) is 1. The summed E-state index contributed by atoms with van der Waals surface area (Å²) in [5, 5.41) is 3.40. The monoisotopic (exact) mass is 231 g/mol. The Hall–Kier alpha value is -0.530. The van der Waals surface area contributed by atoms with E-state index in [9.17, 15) is 4.79 Å². The van der Waals surface area contributed by atoms with Crippen LogP contribution in [0.2, 0.25) is 0 Å². The van der Waals surface area contributed by atoms with Crippen molar-refractivity contribution < 1.29 is 4.79 Å². The summed E-state index contributed by atoms with van der Waals surface area (Å²) >= 11 is 0. The molecule has 6 atom stereocenters. The molecule has 5 saturated carbocycles. The Labute approximate surface area is 103 Å². The number of carbonyl (C=O) groups excluding carboxylic acids is 1. The maximum Gasteiger partial charge on any atom is 0.223 e. The van der Waals surface area contributed by atoms with E-state index >= 15 is 0 Å². The van der Waals surface area contributed by atoms with Gasteiger partial charge in [0, 0.05) is 12.0 Å². The number of carbonyl (C=O) groups is 1. The highest BCUT2D eigenvalue weighted by Gasteiger charge is 2.65. The van der Waals surface area contributed by atoms with Crippen molar-refractivity contribution in [1.29, 1.82) is 0 Å². The molecule has 1 amide bonds. The zero-order valence-electron chi connectivity index (χ0n) is 10.3. The number of fused-ring (bicyclic) bond motifs is 6. The fourth-order valence-electron chi connectivity index (χ4n) is 5.73. The van der Waals surface area contributed by atoms with Gasteiger partial charge in [0.1, 0.15) is 0 Å². The van der Waals surface area contributed by atoms with E-state index in [-0.39, 0.29) is 0 Å². The Bertz CT molecular complexity index is 366. The summed E-state index contributed by atoms with van der Waals surface area (Å²) in [4.78, 5) is 12.2. The summed E-state index contributed by atoms with van der Waals surface area (Å²) in [6.07, 6.45) is 8.20. The molecule has 6 unspecified atom stereocenters. The van der Waals surface area contributed by atoms with Gasteiger partial charge in [0.05, 0.1) is 0 Å². The second-order valence-electron chi connectivity index (χ2n) is 7.45. The number of nitrogens with one attached hydrogen (secondary N) is 1. The van der Waals surface area contributed by atoms with Crippen molar-refractivity contribution in [2.45, 2.75) is 44.6 Å². The van der Waals surface area contributed by atoms with Crippen LogP contribution in [-0.2, 0) is 4.79 Å². The van der Waals surface area contributed by atoms with Crippen LogP contribution in [-0.4, -0.2) is 11.9 Å². The first kappa shape index (κ1) is 9.41. The van der Waals surface area contributed by atoms with Crippen LogP contribution in [0.25, 0.3) is 0 Å². The first-order chi connectivity index (χ1) is 8.31. The van der Waals surface area contributed by atoms with E-state index in [1.54, 1.807) is 0 Å². The van der Waals surface area contributed by atoms with Crippen LogP contribution in [0, 0.1) is 41.4 Å². The molecule has 2 bridgehead atoms. The van der Waals surface area contributed by atoms with Gasteiger partial charge in [-0.1, -0.05) is 0 Å². The lowest BCUT2D eigenvalue weighted by atomic mass is 10.0. The molecule has 0 aromatic rings. The summed E-state index contributed by atoms with van der Waals surface area (Å²) < 4.78 is 0. The molecule has 17 heavy (non-hydrogen) atoms. The number of hydrogen-bond acceptors (Lipinski definition) is 1. The van der Waals surface area contributed by atoms with E-state index in [1.165, 1.54) is 38.5 Å². The van der Waals surface area contributed by atoms with Crippen LogP contribution < -0.4 is 5.32 Å². The summed E-state index contributed by atoms with van der Waals surface area (Å²) in [5.41, 5.74) is 0. The van der Waals surface area contributed by atoms with Gasteiger partial charge in [-0.05, 0) is 74.0 Å². The fraction of sp³-hybridized carbons (Fsp3) is 0.933. The molecule has 2 nitrogen and oxygen atoms in total. The van der Waals surface area contributed by atoms with Gasteiger partial charge in [-0.2, -0.15) is 0 Å². The van der Waals surface area contributed by atoms with Gasteiger partial charge in [-0.15, -0.1) is 0 Å². The van der Waals surface area contributed by atoms with Crippen LogP contribution in [0.15, 0.2) is 0 Å². The molecule has 5 aliphatic rings. The fourth-order valence-corrected chi connectivity index (χ4v) is 5.73. The van der Waals surface area contributed by atoms with E-state index < -0.39 is 0 Å². The van der Waals surface area contributed by atoms with Gasteiger partial charge in [0.15, 0.2) is 0 Å². The van der Waals surface area contributed by atoms with Crippen molar-refractivity contribution in [3.05, 3.63) is 0 Å². The molecule has 5 rings (SSSR count). The Kier molecular flexibility index (Phi) is 1.60. The maximum absolute atomic E-state index is 12.2. The molecule has 0 radical (unpaired) electrons. The number of rotatable bonds is 2. The minimum absolute atomic E-state index is 0.387. The van der Waals surface area contributed by atoms with E-state index in [1.807, 2.05) is 0 Å². The Morgan fingerprint density at radius 3 is 2.06 bits per heavy atom.